The lowest BCUT2D eigenvalue weighted by Gasteiger charge is -2.18. The summed E-state index contributed by atoms with van der Waals surface area (Å²) in [6.45, 7) is 6.33. The van der Waals surface area contributed by atoms with Crippen molar-refractivity contribution < 1.29 is 8.42 Å². The Bertz CT molecular complexity index is 814. The van der Waals surface area contributed by atoms with Crippen molar-refractivity contribution in [2.45, 2.75) is 98.8 Å². The number of unbranched alkanes of at least 4 members (excludes halogenated alkanes) is 7. The van der Waals surface area contributed by atoms with Gasteiger partial charge in [-0.1, -0.05) is 93.7 Å². The van der Waals surface area contributed by atoms with Crippen LogP contribution in [0.25, 0.3) is 0 Å². The first-order valence-electron chi connectivity index (χ1n) is 12.0. The minimum absolute atomic E-state index is 0.275. The highest BCUT2D eigenvalue weighted by atomic mass is 32.2. The highest BCUT2D eigenvalue weighted by Crippen LogP contribution is 2.57. The van der Waals surface area contributed by atoms with Crippen molar-refractivity contribution in [3.05, 3.63) is 59.7 Å². The molecular weight excluding hydrogens is 420 g/mol. The van der Waals surface area contributed by atoms with Gasteiger partial charge in [0.1, 0.15) is 4.08 Å². The van der Waals surface area contributed by atoms with Crippen LogP contribution in [0.1, 0.15) is 82.3 Å². The van der Waals surface area contributed by atoms with Gasteiger partial charge >= 0.3 is 0 Å². The van der Waals surface area contributed by atoms with Crippen LogP contribution in [0.5, 0.6) is 0 Å². The van der Waals surface area contributed by atoms with Gasteiger partial charge < -0.3 is 0 Å². The van der Waals surface area contributed by atoms with Gasteiger partial charge in [-0.15, -0.1) is 0 Å². The van der Waals surface area contributed by atoms with Crippen molar-refractivity contribution in [2.24, 2.45) is 5.92 Å². The predicted molar refractivity (Wildman–Crippen MR) is 133 cm³/mol. The van der Waals surface area contributed by atoms with Crippen LogP contribution in [0.15, 0.2) is 58.3 Å². The molecule has 0 radical (unpaired) electrons. The van der Waals surface area contributed by atoms with Crippen LogP contribution >= 0.6 is 0 Å². The molecule has 31 heavy (non-hydrogen) atoms. The van der Waals surface area contributed by atoms with E-state index in [0.717, 1.165) is 40.2 Å². The molecule has 2 nitrogen and oxygen atoms in total. The Morgan fingerprint density at radius 1 is 0.710 bits per heavy atom. The van der Waals surface area contributed by atoms with Crippen LogP contribution in [-0.2, 0) is 21.6 Å². The Labute approximate surface area is 194 Å². The van der Waals surface area contributed by atoms with E-state index in [1.165, 1.54) is 44.9 Å². The fraction of sp³-hybridized carbons (Fsp3) is 0.556. The zero-order valence-electron chi connectivity index (χ0n) is 19.4. The Hall–Kier alpha value is -1.26. The van der Waals surface area contributed by atoms with E-state index in [4.69, 9.17) is 0 Å². The molecule has 0 N–H and O–H groups in total. The summed E-state index contributed by atoms with van der Waals surface area (Å²) in [7, 11) is -2.54. The Morgan fingerprint density at radius 2 is 1.13 bits per heavy atom. The molecule has 170 valence electrons. The van der Waals surface area contributed by atoms with Crippen LogP contribution in [0.3, 0.4) is 0 Å². The molecule has 0 aromatic heterocycles. The zero-order chi connectivity index (χ0) is 22.3. The number of aryl methyl sites for hydroxylation is 2. The van der Waals surface area contributed by atoms with E-state index >= 15 is 0 Å². The number of rotatable bonds is 13. The standard InChI is InChI=1S/C27H38O2S2/c1-4-5-6-7-8-9-10-11-12-24-21-27(24,30(28)25-17-13-22(2)14-18-25)31(29)26-19-15-23(3)16-20-26/h13-20,24H,4-12,21H2,1-3H3/t24-,27?,30?,31?/m1/s1. The van der Waals surface area contributed by atoms with Crippen molar-refractivity contribution in [1.82, 2.24) is 0 Å². The lowest BCUT2D eigenvalue weighted by Crippen LogP contribution is -2.26. The number of hydrogen-bond acceptors (Lipinski definition) is 2. The largest absolute Gasteiger partial charge is 0.253 e. The number of benzene rings is 2. The average Bonchev–Trinajstić information content (AvgIpc) is 3.51. The molecule has 3 rings (SSSR count). The van der Waals surface area contributed by atoms with Gasteiger partial charge in [0.05, 0.1) is 21.6 Å². The third-order valence-electron chi connectivity index (χ3n) is 6.50. The van der Waals surface area contributed by atoms with Crippen LogP contribution in [-0.4, -0.2) is 12.5 Å². The maximum absolute atomic E-state index is 13.7. The molecule has 0 amide bonds. The average molecular weight is 459 g/mol. The van der Waals surface area contributed by atoms with Crippen LogP contribution in [0.4, 0.5) is 0 Å². The van der Waals surface area contributed by atoms with Gasteiger partial charge in [-0.05, 0) is 56.9 Å². The lowest BCUT2D eigenvalue weighted by atomic mass is 10.1. The molecule has 0 heterocycles. The third kappa shape index (κ3) is 6.16. The molecular formula is C27H38O2S2. The van der Waals surface area contributed by atoms with E-state index in [1.807, 2.05) is 62.4 Å². The van der Waals surface area contributed by atoms with Crippen molar-refractivity contribution in [3.63, 3.8) is 0 Å². The monoisotopic (exact) mass is 458 g/mol. The van der Waals surface area contributed by atoms with Crippen LogP contribution in [0.2, 0.25) is 0 Å². The minimum Gasteiger partial charge on any atom is -0.253 e. The molecule has 1 saturated carbocycles. The molecule has 0 spiro atoms. The summed E-state index contributed by atoms with van der Waals surface area (Å²) in [4.78, 5) is 1.62. The van der Waals surface area contributed by atoms with Crippen molar-refractivity contribution in [2.75, 3.05) is 0 Å². The summed E-state index contributed by atoms with van der Waals surface area (Å²) in [5, 5.41) is 0. The third-order valence-corrected chi connectivity index (χ3v) is 11.1. The SMILES string of the molecule is CCCCCCCCCC[C@@H]1CC1(S(=O)c1ccc(C)cc1)S(=O)c1ccc(C)cc1. The highest BCUT2D eigenvalue weighted by molar-refractivity contribution is 8.04. The molecule has 0 bridgehead atoms. The second-order valence-corrected chi connectivity index (χ2v) is 12.9. The summed E-state index contributed by atoms with van der Waals surface area (Å²) in [5.74, 6) is 0.275. The Kier molecular flexibility index (Phi) is 9.09. The van der Waals surface area contributed by atoms with Crippen molar-refractivity contribution in [3.8, 4) is 0 Å². The quantitative estimate of drug-likeness (QED) is 0.292. The first kappa shape index (κ1) is 24.4. The van der Waals surface area contributed by atoms with Crippen LogP contribution in [0, 0.1) is 19.8 Å². The Morgan fingerprint density at radius 3 is 1.58 bits per heavy atom. The fourth-order valence-corrected chi connectivity index (χ4v) is 8.61. The number of hydrogen-bond donors (Lipinski definition) is 0. The second-order valence-electron chi connectivity index (χ2n) is 9.14. The zero-order valence-corrected chi connectivity index (χ0v) is 21.0. The van der Waals surface area contributed by atoms with Gasteiger partial charge in [0.2, 0.25) is 0 Å². The molecule has 2 aromatic rings. The topological polar surface area (TPSA) is 34.1 Å². The smallest absolute Gasteiger partial charge is 0.133 e. The molecule has 0 saturated heterocycles. The summed E-state index contributed by atoms with van der Waals surface area (Å²) >= 11 is 0. The maximum Gasteiger partial charge on any atom is 0.133 e. The fourth-order valence-electron chi connectivity index (χ4n) is 4.38. The maximum atomic E-state index is 13.7. The van der Waals surface area contributed by atoms with Gasteiger partial charge in [-0.2, -0.15) is 0 Å². The van der Waals surface area contributed by atoms with E-state index in [9.17, 15) is 8.42 Å². The second kappa shape index (κ2) is 11.6. The lowest BCUT2D eigenvalue weighted by molar-refractivity contribution is 0.548. The van der Waals surface area contributed by atoms with E-state index in [0.29, 0.717) is 0 Å². The molecule has 1 aliphatic carbocycles. The van der Waals surface area contributed by atoms with Gasteiger partial charge in [-0.3, -0.25) is 8.42 Å². The molecule has 2 aromatic carbocycles. The normalized spacial score (nSPS) is 22.2. The van der Waals surface area contributed by atoms with Gasteiger partial charge in [0.25, 0.3) is 0 Å². The minimum atomic E-state index is -1.27. The first-order chi connectivity index (χ1) is 15.0. The summed E-state index contributed by atoms with van der Waals surface area (Å²) in [6, 6.07) is 15.8. The van der Waals surface area contributed by atoms with Gasteiger partial charge in [0.15, 0.2) is 0 Å². The van der Waals surface area contributed by atoms with Crippen molar-refractivity contribution >= 4 is 21.6 Å². The Balaban J connectivity index is 1.65. The summed E-state index contributed by atoms with van der Waals surface area (Å²) < 4.78 is 26.7. The van der Waals surface area contributed by atoms with Crippen molar-refractivity contribution in [1.29, 1.82) is 0 Å². The summed E-state index contributed by atoms with van der Waals surface area (Å²) in [5.41, 5.74) is 2.31. The molecule has 4 heteroatoms. The molecule has 0 aliphatic heterocycles. The summed E-state index contributed by atoms with van der Waals surface area (Å²) in [6.07, 6.45) is 12.1. The molecule has 2 unspecified atom stereocenters. The predicted octanol–water partition coefficient (Wildman–Crippen LogP) is 7.47. The van der Waals surface area contributed by atoms with Gasteiger partial charge in [-0.25, -0.2) is 0 Å². The van der Waals surface area contributed by atoms with Crippen LogP contribution < -0.4 is 0 Å². The van der Waals surface area contributed by atoms with E-state index in [-0.39, 0.29) is 5.92 Å². The van der Waals surface area contributed by atoms with Gasteiger partial charge in [0, 0.05) is 9.79 Å². The first-order valence-corrected chi connectivity index (χ1v) is 14.3. The van der Waals surface area contributed by atoms with E-state index in [1.54, 1.807) is 0 Å². The molecule has 3 atom stereocenters. The highest BCUT2D eigenvalue weighted by Gasteiger charge is 2.63. The molecule has 1 aliphatic rings. The molecule has 1 fully saturated rings. The van der Waals surface area contributed by atoms with E-state index < -0.39 is 25.7 Å². The van der Waals surface area contributed by atoms with E-state index in [2.05, 4.69) is 6.92 Å².